The smallest absolute Gasteiger partial charge is 0.148 e. The van der Waals surface area contributed by atoms with Crippen molar-refractivity contribution in [3.63, 3.8) is 0 Å². The lowest BCUT2D eigenvalue weighted by Crippen LogP contribution is -2.40. The van der Waals surface area contributed by atoms with Gasteiger partial charge in [0, 0.05) is 18.8 Å². The molecule has 82 valence electrons. The predicted octanol–water partition coefficient (Wildman–Crippen LogP) is 0.745. The average molecular weight is 225 g/mol. The van der Waals surface area contributed by atoms with Crippen LogP contribution in [0, 0.1) is 0 Å². The third-order valence-electron chi connectivity index (χ3n) is 2.67. The molecular formula is C11H15NO2S. The minimum Gasteiger partial charge on any atom is -0.309 e. The Morgan fingerprint density at radius 1 is 1.33 bits per heavy atom. The van der Waals surface area contributed by atoms with Crippen molar-refractivity contribution < 1.29 is 8.42 Å². The van der Waals surface area contributed by atoms with E-state index >= 15 is 0 Å². The maximum Gasteiger partial charge on any atom is 0.148 e. The van der Waals surface area contributed by atoms with Crippen LogP contribution < -0.4 is 5.32 Å². The third kappa shape index (κ3) is 2.79. The van der Waals surface area contributed by atoms with E-state index in [1.807, 2.05) is 12.1 Å². The van der Waals surface area contributed by atoms with Crippen molar-refractivity contribution in [1.29, 1.82) is 0 Å². The molecule has 3 nitrogen and oxygen atoms in total. The Bertz CT molecular complexity index is 453. The summed E-state index contributed by atoms with van der Waals surface area (Å²) in [7, 11) is -2.89. The Balaban J connectivity index is 2.12. The highest BCUT2D eigenvalue weighted by Crippen LogP contribution is 2.16. The monoisotopic (exact) mass is 225 g/mol. The van der Waals surface area contributed by atoms with Gasteiger partial charge >= 0.3 is 0 Å². The van der Waals surface area contributed by atoms with Gasteiger partial charge in [-0.3, -0.25) is 0 Å². The number of hydrogen-bond donors (Lipinski definition) is 1. The molecule has 1 atom stereocenters. The van der Waals surface area contributed by atoms with Gasteiger partial charge in [0.05, 0.1) is 5.75 Å². The van der Waals surface area contributed by atoms with Crippen LogP contribution in [0.1, 0.15) is 11.1 Å². The fraction of sp³-hybridized carbons (Fsp3) is 0.455. The number of fused-ring (bicyclic) bond motifs is 1. The minimum atomic E-state index is -2.89. The van der Waals surface area contributed by atoms with Gasteiger partial charge < -0.3 is 5.32 Å². The Hall–Kier alpha value is -0.870. The van der Waals surface area contributed by atoms with Gasteiger partial charge in [-0.2, -0.15) is 0 Å². The summed E-state index contributed by atoms with van der Waals surface area (Å²) >= 11 is 0. The summed E-state index contributed by atoms with van der Waals surface area (Å²) in [6.07, 6.45) is 2.10. The topological polar surface area (TPSA) is 46.2 Å². The van der Waals surface area contributed by atoms with Gasteiger partial charge in [0.25, 0.3) is 0 Å². The highest BCUT2D eigenvalue weighted by molar-refractivity contribution is 7.90. The molecule has 0 aliphatic carbocycles. The second-order valence-electron chi connectivity index (χ2n) is 4.14. The van der Waals surface area contributed by atoms with Gasteiger partial charge in [-0.15, -0.1) is 0 Å². The van der Waals surface area contributed by atoms with Crippen molar-refractivity contribution in [3.8, 4) is 0 Å². The molecule has 1 aromatic carbocycles. The first-order valence-electron chi connectivity index (χ1n) is 5.02. The van der Waals surface area contributed by atoms with E-state index < -0.39 is 9.84 Å². The van der Waals surface area contributed by atoms with Crippen LogP contribution in [0.3, 0.4) is 0 Å². The predicted molar refractivity (Wildman–Crippen MR) is 60.5 cm³/mol. The van der Waals surface area contributed by atoms with E-state index in [2.05, 4.69) is 17.4 Å². The lowest BCUT2D eigenvalue weighted by molar-refractivity contribution is 0.505. The standard InChI is InChI=1S/C11H15NO2S/c1-15(13,14)8-11-6-9-4-2-3-5-10(9)7-12-11/h2-5,11-12H,6-8H2,1H3. The lowest BCUT2D eigenvalue weighted by atomic mass is 9.97. The highest BCUT2D eigenvalue weighted by atomic mass is 32.2. The molecule has 0 saturated carbocycles. The summed E-state index contributed by atoms with van der Waals surface area (Å²) in [6.45, 7) is 0.774. The molecule has 2 rings (SSSR count). The van der Waals surface area contributed by atoms with E-state index in [9.17, 15) is 8.42 Å². The SMILES string of the molecule is CS(=O)(=O)CC1Cc2ccccc2CN1. The van der Waals surface area contributed by atoms with Crippen molar-refractivity contribution in [2.45, 2.75) is 19.0 Å². The van der Waals surface area contributed by atoms with E-state index in [-0.39, 0.29) is 11.8 Å². The zero-order chi connectivity index (χ0) is 10.9. The molecule has 4 heteroatoms. The van der Waals surface area contributed by atoms with Crippen molar-refractivity contribution in [2.24, 2.45) is 0 Å². The first-order chi connectivity index (χ1) is 7.04. The summed E-state index contributed by atoms with van der Waals surface area (Å²) in [4.78, 5) is 0. The van der Waals surface area contributed by atoms with E-state index in [4.69, 9.17) is 0 Å². The van der Waals surface area contributed by atoms with Gasteiger partial charge in [0.15, 0.2) is 0 Å². The summed E-state index contributed by atoms with van der Waals surface area (Å²) in [5.41, 5.74) is 2.55. The van der Waals surface area contributed by atoms with Crippen LogP contribution in [0.25, 0.3) is 0 Å². The van der Waals surface area contributed by atoms with Crippen molar-refractivity contribution in [2.75, 3.05) is 12.0 Å². The second-order valence-corrected chi connectivity index (χ2v) is 6.33. The Labute approximate surface area is 90.4 Å². The molecule has 1 heterocycles. The van der Waals surface area contributed by atoms with Crippen LogP contribution in [-0.2, 0) is 22.8 Å². The van der Waals surface area contributed by atoms with Gasteiger partial charge in [-0.25, -0.2) is 8.42 Å². The molecule has 1 N–H and O–H groups in total. The van der Waals surface area contributed by atoms with Gasteiger partial charge in [0.2, 0.25) is 0 Å². The number of benzene rings is 1. The summed E-state index contributed by atoms with van der Waals surface area (Å²) in [5.74, 6) is 0.224. The molecule has 1 unspecified atom stereocenters. The quantitative estimate of drug-likeness (QED) is 0.807. The van der Waals surface area contributed by atoms with Crippen LogP contribution in [0.5, 0.6) is 0 Å². The first-order valence-corrected chi connectivity index (χ1v) is 7.08. The molecule has 0 bridgehead atoms. The number of sulfone groups is 1. The molecule has 1 aliphatic rings. The molecule has 0 fully saturated rings. The molecule has 15 heavy (non-hydrogen) atoms. The third-order valence-corrected chi connectivity index (χ3v) is 3.68. The normalized spacial score (nSPS) is 21.0. The fourth-order valence-electron chi connectivity index (χ4n) is 2.00. The summed E-state index contributed by atoms with van der Waals surface area (Å²) in [5, 5.41) is 3.25. The Morgan fingerprint density at radius 3 is 2.67 bits per heavy atom. The van der Waals surface area contributed by atoms with Crippen molar-refractivity contribution >= 4 is 9.84 Å². The molecular weight excluding hydrogens is 210 g/mol. The Morgan fingerprint density at radius 2 is 2.00 bits per heavy atom. The molecule has 0 aromatic heterocycles. The molecule has 1 aromatic rings. The number of hydrogen-bond acceptors (Lipinski definition) is 3. The molecule has 0 saturated heterocycles. The molecule has 0 spiro atoms. The molecule has 0 radical (unpaired) electrons. The van der Waals surface area contributed by atoms with Crippen LogP contribution in [-0.4, -0.2) is 26.5 Å². The van der Waals surface area contributed by atoms with Gasteiger partial charge in [0.1, 0.15) is 9.84 Å². The van der Waals surface area contributed by atoms with E-state index in [1.54, 1.807) is 0 Å². The van der Waals surface area contributed by atoms with Crippen LogP contribution >= 0.6 is 0 Å². The first kappa shape index (κ1) is 10.6. The van der Waals surface area contributed by atoms with Crippen LogP contribution in [0.4, 0.5) is 0 Å². The van der Waals surface area contributed by atoms with Crippen molar-refractivity contribution in [1.82, 2.24) is 5.32 Å². The zero-order valence-electron chi connectivity index (χ0n) is 8.73. The zero-order valence-corrected chi connectivity index (χ0v) is 9.55. The number of rotatable bonds is 2. The summed E-state index contributed by atoms with van der Waals surface area (Å²) < 4.78 is 22.3. The summed E-state index contributed by atoms with van der Waals surface area (Å²) in [6, 6.07) is 8.23. The number of nitrogens with one attached hydrogen (secondary N) is 1. The maximum absolute atomic E-state index is 11.2. The fourth-order valence-corrected chi connectivity index (χ4v) is 2.97. The molecule has 1 aliphatic heterocycles. The average Bonchev–Trinajstić information content (AvgIpc) is 2.15. The van der Waals surface area contributed by atoms with Crippen LogP contribution in [0.15, 0.2) is 24.3 Å². The van der Waals surface area contributed by atoms with E-state index in [0.29, 0.717) is 0 Å². The second kappa shape index (κ2) is 3.94. The van der Waals surface area contributed by atoms with Crippen molar-refractivity contribution in [3.05, 3.63) is 35.4 Å². The maximum atomic E-state index is 11.2. The Kier molecular flexibility index (Phi) is 2.80. The minimum absolute atomic E-state index is 0.0647. The molecule has 0 amide bonds. The lowest BCUT2D eigenvalue weighted by Gasteiger charge is -2.25. The van der Waals surface area contributed by atoms with Crippen LogP contribution in [0.2, 0.25) is 0 Å². The van der Waals surface area contributed by atoms with Gasteiger partial charge in [-0.05, 0) is 17.5 Å². The van der Waals surface area contributed by atoms with E-state index in [0.717, 1.165) is 13.0 Å². The van der Waals surface area contributed by atoms with E-state index in [1.165, 1.54) is 17.4 Å². The largest absolute Gasteiger partial charge is 0.309 e. The highest BCUT2D eigenvalue weighted by Gasteiger charge is 2.20. The van der Waals surface area contributed by atoms with Gasteiger partial charge in [-0.1, -0.05) is 24.3 Å².